The highest BCUT2D eigenvalue weighted by Crippen LogP contribution is 2.30. The second kappa shape index (κ2) is 2.23. The van der Waals surface area contributed by atoms with Crippen molar-refractivity contribution in [2.24, 2.45) is 5.41 Å². The molecule has 1 atom stereocenters. The summed E-state index contributed by atoms with van der Waals surface area (Å²) in [6, 6.07) is 0. The fraction of sp³-hybridized carbons (Fsp3) is 0.778. The molecule has 0 aromatic rings. The standard InChI is InChI=1S/C9H16FN/c1-8(2,3)7-5-9(4,10)6-11-7/h5,11H,6H2,1-4H3. The minimum Gasteiger partial charge on any atom is -0.385 e. The van der Waals surface area contributed by atoms with Crippen molar-refractivity contribution in [3.05, 3.63) is 11.8 Å². The summed E-state index contributed by atoms with van der Waals surface area (Å²) in [4.78, 5) is 0. The van der Waals surface area contributed by atoms with Crippen molar-refractivity contribution in [1.82, 2.24) is 5.32 Å². The molecule has 1 nitrogen and oxygen atoms in total. The van der Waals surface area contributed by atoms with E-state index in [1.54, 1.807) is 13.0 Å². The number of nitrogens with one attached hydrogen (secondary N) is 1. The summed E-state index contributed by atoms with van der Waals surface area (Å²) >= 11 is 0. The van der Waals surface area contributed by atoms with Crippen LogP contribution in [0.15, 0.2) is 11.8 Å². The van der Waals surface area contributed by atoms with Gasteiger partial charge in [-0.2, -0.15) is 0 Å². The molecule has 0 saturated carbocycles. The molecular weight excluding hydrogens is 141 g/mol. The van der Waals surface area contributed by atoms with Crippen LogP contribution < -0.4 is 5.32 Å². The maximum Gasteiger partial charge on any atom is 0.145 e. The molecule has 1 rings (SSSR count). The lowest BCUT2D eigenvalue weighted by Gasteiger charge is -2.20. The molecule has 1 unspecified atom stereocenters. The largest absolute Gasteiger partial charge is 0.385 e. The molecule has 1 heterocycles. The van der Waals surface area contributed by atoms with Crippen molar-refractivity contribution >= 4 is 0 Å². The lowest BCUT2D eigenvalue weighted by Crippen LogP contribution is -2.25. The molecule has 0 aromatic carbocycles. The minimum absolute atomic E-state index is 0.0455. The molecular formula is C9H16FN. The molecule has 0 saturated heterocycles. The van der Waals surface area contributed by atoms with E-state index < -0.39 is 5.67 Å². The molecule has 11 heavy (non-hydrogen) atoms. The van der Waals surface area contributed by atoms with E-state index in [9.17, 15) is 4.39 Å². The maximum atomic E-state index is 13.3. The van der Waals surface area contributed by atoms with Crippen LogP contribution in [-0.4, -0.2) is 12.2 Å². The summed E-state index contributed by atoms with van der Waals surface area (Å²) in [5, 5.41) is 3.07. The van der Waals surface area contributed by atoms with E-state index in [-0.39, 0.29) is 5.41 Å². The Morgan fingerprint density at radius 3 is 2.27 bits per heavy atom. The van der Waals surface area contributed by atoms with Gasteiger partial charge in [-0.1, -0.05) is 20.8 Å². The second-order valence-corrected chi connectivity index (χ2v) is 4.44. The van der Waals surface area contributed by atoms with Gasteiger partial charge in [0.25, 0.3) is 0 Å². The molecule has 0 aliphatic carbocycles. The van der Waals surface area contributed by atoms with Crippen molar-refractivity contribution in [3.63, 3.8) is 0 Å². The normalized spacial score (nSPS) is 31.5. The van der Waals surface area contributed by atoms with Crippen LogP contribution in [-0.2, 0) is 0 Å². The molecule has 0 radical (unpaired) electrons. The van der Waals surface area contributed by atoms with E-state index in [1.807, 2.05) is 0 Å². The third-order valence-electron chi connectivity index (χ3n) is 1.88. The van der Waals surface area contributed by atoms with E-state index >= 15 is 0 Å². The smallest absolute Gasteiger partial charge is 0.145 e. The number of hydrogen-bond acceptors (Lipinski definition) is 1. The van der Waals surface area contributed by atoms with Crippen molar-refractivity contribution in [1.29, 1.82) is 0 Å². The maximum absolute atomic E-state index is 13.3. The number of halogens is 1. The summed E-state index contributed by atoms with van der Waals surface area (Å²) in [5.41, 5.74) is -0.0885. The summed E-state index contributed by atoms with van der Waals surface area (Å²) in [6.45, 7) is 8.24. The zero-order chi connectivity index (χ0) is 8.70. The van der Waals surface area contributed by atoms with Gasteiger partial charge in [0.1, 0.15) is 5.67 Å². The van der Waals surface area contributed by atoms with Crippen LogP contribution in [0.1, 0.15) is 27.7 Å². The molecule has 0 aromatic heterocycles. The Bertz CT molecular complexity index is 186. The summed E-state index contributed by atoms with van der Waals surface area (Å²) < 4.78 is 13.3. The first kappa shape index (κ1) is 8.57. The van der Waals surface area contributed by atoms with E-state index in [0.29, 0.717) is 6.54 Å². The Balaban J connectivity index is 2.79. The summed E-state index contributed by atoms with van der Waals surface area (Å²) in [6.07, 6.45) is 1.69. The predicted molar refractivity (Wildman–Crippen MR) is 45.1 cm³/mol. The number of rotatable bonds is 0. The van der Waals surface area contributed by atoms with E-state index in [0.717, 1.165) is 5.70 Å². The average Bonchev–Trinajstić information content (AvgIpc) is 2.07. The minimum atomic E-state index is -1.15. The van der Waals surface area contributed by atoms with Gasteiger partial charge >= 0.3 is 0 Å². The first-order valence-electron chi connectivity index (χ1n) is 3.97. The van der Waals surface area contributed by atoms with Crippen LogP contribution in [0.4, 0.5) is 4.39 Å². The molecule has 0 fully saturated rings. The van der Waals surface area contributed by atoms with Crippen LogP contribution in [0, 0.1) is 5.41 Å². The Labute approximate surface area is 67.7 Å². The quantitative estimate of drug-likeness (QED) is 0.568. The zero-order valence-corrected chi connectivity index (χ0v) is 7.66. The highest BCUT2D eigenvalue weighted by molar-refractivity contribution is 5.21. The van der Waals surface area contributed by atoms with Crippen LogP contribution >= 0.6 is 0 Å². The third kappa shape index (κ3) is 1.95. The van der Waals surface area contributed by atoms with Gasteiger partial charge in [-0.15, -0.1) is 0 Å². The number of hydrogen-bond donors (Lipinski definition) is 1. The second-order valence-electron chi connectivity index (χ2n) is 4.44. The first-order valence-corrected chi connectivity index (χ1v) is 3.97. The lowest BCUT2D eigenvalue weighted by molar-refractivity contribution is 0.271. The van der Waals surface area contributed by atoms with Gasteiger partial charge < -0.3 is 5.32 Å². The average molecular weight is 157 g/mol. The zero-order valence-electron chi connectivity index (χ0n) is 7.66. The fourth-order valence-corrected chi connectivity index (χ4v) is 1.15. The molecule has 64 valence electrons. The molecule has 0 spiro atoms. The highest BCUT2D eigenvalue weighted by Gasteiger charge is 2.31. The molecule has 1 aliphatic rings. The van der Waals surface area contributed by atoms with E-state index in [4.69, 9.17) is 0 Å². The Morgan fingerprint density at radius 2 is 2.09 bits per heavy atom. The predicted octanol–water partition coefficient (Wildman–Crippen LogP) is 2.25. The third-order valence-corrected chi connectivity index (χ3v) is 1.88. The molecule has 1 aliphatic heterocycles. The molecule has 0 bridgehead atoms. The molecule has 2 heteroatoms. The number of alkyl halides is 1. The Morgan fingerprint density at radius 1 is 1.55 bits per heavy atom. The van der Waals surface area contributed by atoms with Crippen LogP contribution in [0.2, 0.25) is 0 Å². The van der Waals surface area contributed by atoms with Crippen LogP contribution in [0.25, 0.3) is 0 Å². The van der Waals surface area contributed by atoms with Gasteiger partial charge in [0, 0.05) is 11.1 Å². The fourth-order valence-electron chi connectivity index (χ4n) is 1.15. The number of allylic oxidation sites excluding steroid dienone is 1. The first-order chi connectivity index (χ1) is 4.81. The van der Waals surface area contributed by atoms with Crippen molar-refractivity contribution in [2.45, 2.75) is 33.4 Å². The monoisotopic (exact) mass is 157 g/mol. The molecule has 1 N–H and O–H groups in total. The van der Waals surface area contributed by atoms with Crippen molar-refractivity contribution in [2.75, 3.05) is 6.54 Å². The summed E-state index contributed by atoms with van der Waals surface area (Å²) in [5.74, 6) is 0. The highest BCUT2D eigenvalue weighted by atomic mass is 19.1. The summed E-state index contributed by atoms with van der Waals surface area (Å²) in [7, 11) is 0. The van der Waals surface area contributed by atoms with E-state index in [1.165, 1.54) is 0 Å². The van der Waals surface area contributed by atoms with Gasteiger partial charge in [-0.05, 0) is 13.0 Å². The van der Waals surface area contributed by atoms with Gasteiger partial charge in [-0.25, -0.2) is 4.39 Å². The van der Waals surface area contributed by atoms with Crippen LogP contribution in [0.3, 0.4) is 0 Å². The van der Waals surface area contributed by atoms with Crippen LogP contribution in [0.5, 0.6) is 0 Å². The Kier molecular flexibility index (Phi) is 1.73. The topological polar surface area (TPSA) is 12.0 Å². The van der Waals surface area contributed by atoms with Gasteiger partial charge in [0.05, 0.1) is 6.54 Å². The van der Waals surface area contributed by atoms with Gasteiger partial charge in [-0.3, -0.25) is 0 Å². The van der Waals surface area contributed by atoms with Gasteiger partial charge in [0.15, 0.2) is 0 Å². The Hall–Kier alpha value is -0.530. The van der Waals surface area contributed by atoms with Gasteiger partial charge in [0.2, 0.25) is 0 Å². The van der Waals surface area contributed by atoms with Crippen molar-refractivity contribution in [3.8, 4) is 0 Å². The molecule has 0 amide bonds. The SMILES string of the molecule is CC1(F)C=C(C(C)(C)C)NC1. The van der Waals surface area contributed by atoms with E-state index in [2.05, 4.69) is 26.1 Å². The van der Waals surface area contributed by atoms with Crippen molar-refractivity contribution < 1.29 is 4.39 Å². The lowest BCUT2D eigenvalue weighted by atomic mass is 9.91.